The number of likely N-dealkylation sites (N-methyl/N-ethyl adjacent to an activating group) is 3. The molecule has 0 rings (SSSR count). The van der Waals surface area contributed by atoms with Gasteiger partial charge >= 0.3 is 0 Å². The molecule has 0 saturated heterocycles. The summed E-state index contributed by atoms with van der Waals surface area (Å²) in [5.74, 6) is -0.310. The normalized spacial score (nSPS) is 17.2. The molecule has 0 aromatic heterocycles. The molecule has 0 heterocycles. The third-order valence-electron chi connectivity index (χ3n) is 3.27. The van der Waals surface area contributed by atoms with E-state index >= 15 is 0 Å². The van der Waals surface area contributed by atoms with Gasteiger partial charge in [-0.05, 0) is 41.5 Å². The molecule has 0 bridgehead atoms. The van der Waals surface area contributed by atoms with E-state index < -0.39 is 5.54 Å². The van der Waals surface area contributed by atoms with E-state index in [1.54, 1.807) is 7.05 Å². The lowest BCUT2D eigenvalue weighted by molar-refractivity contribution is -0.124. The predicted octanol–water partition coefficient (Wildman–Crippen LogP) is -0.278. The predicted molar refractivity (Wildman–Crippen MR) is 71.9 cm³/mol. The Balaban J connectivity index is 4.62. The molecule has 0 aliphatic carbocycles. The summed E-state index contributed by atoms with van der Waals surface area (Å²) in [6.45, 7) is 8.61. The van der Waals surface area contributed by atoms with E-state index in [4.69, 9.17) is 5.73 Å². The van der Waals surface area contributed by atoms with Crippen LogP contribution in [0.15, 0.2) is 0 Å². The Morgan fingerprint density at radius 3 is 2.29 bits per heavy atom. The van der Waals surface area contributed by atoms with Crippen LogP contribution in [-0.2, 0) is 4.79 Å². The van der Waals surface area contributed by atoms with Crippen molar-refractivity contribution in [3.05, 3.63) is 0 Å². The van der Waals surface area contributed by atoms with Crippen LogP contribution in [0.1, 0.15) is 20.8 Å². The van der Waals surface area contributed by atoms with Gasteiger partial charge in [0.05, 0.1) is 0 Å². The number of rotatable bonds is 8. The van der Waals surface area contributed by atoms with E-state index in [1.807, 2.05) is 6.92 Å². The number of primary amides is 1. The van der Waals surface area contributed by atoms with Crippen LogP contribution >= 0.6 is 0 Å². The second kappa shape index (κ2) is 6.93. The minimum atomic E-state index is -0.670. The van der Waals surface area contributed by atoms with Gasteiger partial charge in [0.15, 0.2) is 0 Å². The van der Waals surface area contributed by atoms with Crippen molar-refractivity contribution in [2.45, 2.75) is 32.4 Å². The molecule has 0 aliphatic rings. The van der Waals surface area contributed by atoms with E-state index in [-0.39, 0.29) is 5.91 Å². The Kier molecular flexibility index (Phi) is 6.67. The molecule has 0 aromatic carbocycles. The molecular formula is C12H28N4O. The smallest absolute Gasteiger partial charge is 0.238 e. The summed E-state index contributed by atoms with van der Waals surface area (Å²) in [7, 11) is 5.88. The first-order valence-electron chi connectivity index (χ1n) is 6.14. The van der Waals surface area contributed by atoms with Gasteiger partial charge in [0, 0.05) is 19.1 Å². The maximum Gasteiger partial charge on any atom is 0.238 e. The molecule has 0 saturated carbocycles. The Morgan fingerprint density at radius 2 is 2.00 bits per heavy atom. The SMILES string of the molecule is CCN(CC(C)(NC)C(N)=O)C(C)CN(C)C. The second-order valence-corrected chi connectivity index (χ2v) is 5.12. The van der Waals surface area contributed by atoms with Gasteiger partial charge in [-0.3, -0.25) is 9.69 Å². The number of amides is 1. The fourth-order valence-electron chi connectivity index (χ4n) is 1.91. The van der Waals surface area contributed by atoms with Crippen LogP contribution in [0.2, 0.25) is 0 Å². The molecule has 1 amide bonds. The van der Waals surface area contributed by atoms with Crippen LogP contribution < -0.4 is 11.1 Å². The van der Waals surface area contributed by atoms with Gasteiger partial charge in [-0.15, -0.1) is 0 Å². The molecular weight excluding hydrogens is 216 g/mol. The highest BCUT2D eigenvalue weighted by atomic mass is 16.1. The molecule has 5 heteroatoms. The first-order chi connectivity index (χ1) is 7.76. The number of hydrogen-bond acceptors (Lipinski definition) is 4. The zero-order valence-electron chi connectivity index (χ0n) is 12.1. The van der Waals surface area contributed by atoms with Gasteiger partial charge in [-0.25, -0.2) is 0 Å². The van der Waals surface area contributed by atoms with E-state index in [0.717, 1.165) is 13.1 Å². The van der Waals surface area contributed by atoms with Crippen molar-refractivity contribution in [2.24, 2.45) is 5.73 Å². The number of nitrogens with zero attached hydrogens (tertiary/aromatic N) is 2. The lowest BCUT2D eigenvalue weighted by Crippen LogP contribution is -2.60. The van der Waals surface area contributed by atoms with Gasteiger partial charge < -0.3 is 16.0 Å². The highest BCUT2D eigenvalue weighted by Gasteiger charge is 2.32. The van der Waals surface area contributed by atoms with E-state index in [9.17, 15) is 4.79 Å². The average molecular weight is 244 g/mol. The molecule has 5 nitrogen and oxygen atoms in total. The molecule has 3 N–H and O–H groups in total. The average Bonchev–Trinajstić information content (AvgIpc) is 2.24. The molecule has 0 fully saturated rings. The summed E-state index contributed by atoms with van der Waals surface area (Å²) in [5, 5.41) is 3.02. The molecule has 0 spiro atoms. The molecule has 0 radical (unpaired) electrons. The quantitative estimate of drug-likeness (QED) is 0.616. The van der Waals surface area contributed by atoms with E-state index in [0.29, 0.717) is 12.6 Å². The van der Waals surface area contributed by atoms with Crippen molar-refractivity contribution >= 4 is 5.91 Å². The van der Waals surface area contributed by atoms with Gasteiger partial charge in [0.25, 0.3) is 0 Å². The van der Waals surface area contributed by atoms with Crippen LogP contribution in [0.4, 0.5) is 0 Å². The highest BCUT2D eigenvalue weighted by Crippen LogP contribution is 2.09. The Morgan fingerprint density at radius 1 is 1.47 bits per heavy atom. The Bertz CT molecular complexity index is 245. The fourth-order valence-corrected chi connectivity index (χ4v) is 1.91. The third kappa shape index (κ3) is 5.02. The zero-order valence-corrected chi connectivity index (χ0v) is 12.1. The van der Waals surface area contributed by atoms with Gasteiger partial charge in [-0.1, -0.05) is 6.92 Å². The molecule has 2 unspecified atom stereocenters. The van der Waals surface area contributed by atoms with Crippen molar-refractivity contribution in [1.29, 1.82) is 0 Å². The maximum atomic E-state index is 11.5. The topological polar surface area (TPSA) is 61.6 Å². The molecule has 0 aromatic rings. The van der Waals surface area contributed by atoms with Crippen molar-refractivity contribution in [3.63, 3.8) is 0 Å². The van der Waals surface area contributed by atoms with Crippen LogP contribution in [0.25, 0.3) is 0 Å². The van der Waals surface area contributed by atoms with Crippen molar-refractivity contribution in [2.75, 3.05) is 40.8 Å². The van der Waals surface area contributed by atoms with Gasteiger partial charge in [0.1, 0.15) is 5.54 Å². The Hall–Kier alpha value is -0.650. The van der Waals surface area contributed by atoms with Crippen molar-refractivity contribution in [1.82, 2.24) is 15.1 Å². The lowest BCUT2D eigenvalue weighted by atomic mass is 10.00. The van der Waals surface area contributed by atoms with Crippen LogP contribution in [0.3, 0.4) is 0 Å². The minimum absolute atomic E-state index is 0.310. The number of hydrogen-bond donors (Lipinski definition) is 2. The number of nitrogens with two attached hydrogens (primary N) is 1. The maximum absolute atomic E-state index is 11.5. The fraction of sp³-hybridized carbons (Fsp3) is 0.917. The number of nitrogens with one attached hydrogen (secondary N) is 1. The summed E-state index contributed by atoms with van der Waals surface area (Å²) in [6, 6.07) is 0.391. The van der Waals surface area contributed by atoms with Crippen LogP contribution in [0.5, 0.6) is 0 Å². The first kappa shape index (κ1) is 16.4. The highest BCUT2D eigenvalue weighted by molar-refractivity contribution is 5.84. The van der Waals surface area contributed by atoms with Gasteiger partial charge in [0.2, 0.25) is 5.91 Å². The molecule has 102 valence electrons. The number of carbonyl (C=O) groups is 1. The van der Waals surface area contributed by atoms with Crippen LogP contribution in [0, 0.1) is 0 Å². The lowest BCUT2D eigenvalue weighted by Gasteiger charge is -2.36. The number of carbonyl (C=O) groups excluding carboxylic acids is 1. The summed E-state index contributed by atoms with van der Waals surface area (Å²) >= 11 is 0. The monoisotopic (exact) mass is 244 g/mol. The van der Waals surface area contributed by atoms with E-state index in [2.05, 4.69) is 43.1 Å². The van der Waals surface area contributed by atoms with Crippen LogP contribution in [-0.4, -0.2) is 68.1 Å². The van der Waals surface area contributed by atoms with Gasteiger partial charge in [-0.2, -0.15) is 0 Å². The first-order valence-corrected chi connectivity index (χ1v) is 6.14. The summed E-state index contributed by atoms with van der Waals surface area (Å²) in [4.78, 5) is 15.9. The Labute approximate surface area is 105 Å². The van der Waals surface area contributed by atoms with Crippen molar-refractivity contribution < 1.29 is 4.79 Å². The summed E-state index contributed by atoms with van der Waals surface area (Å²) in [6.07, 6.45) is 0. The summed E-state index contributed by atoms with van der Waals surface area (Å²) in [5.41, 5.74) is 4.78. The largest absolute Gasteiger partial charge is 0.368 e. The third-order valence-corrected chi connectivity index (χ3v) is 3.27. The van der Waals surface area contributed by atoms with E-state index in [1.165, 1.54) is 0 Å². The standard InChI is InChI=1S/C12H28N4O/c1-7-16(10(2)8-15(5)6)9-12(3,14-4)11(13)17/h10,14H,7-9H2,1-6H3,(H2,13,17). The summed E-state index contributed by atoms with van der Waals surface area (Å²) < 4.78 is 0. The molecule has 0 aliphatic heterocycles. The van der Waals surface area contributed by atoms with Crippen molar-refractivity contribution in [3.8, 4) is 0 Å². The zero-order chi connectivity index (χ0) is 13.6. The minimum Gasteiger partial charge on any atom is -0.368 e. The second-order valence-electron chi connectivity index (χ2n) is 5.12. The molecule has 17 heavy (non-hydrogen) atoms. The molecule has 2 atom stereocenters.